The summed E-state index contributed by atoms with van der Waals surface area (Å²) in [5, 5.41) is 5.36. The fourth-order valence-corrected chi connectivity index (χ4v) is 3.25. The topological polar surface area (TPSA) is 59.9 Å². The first-order chi connectivity index (χ1) is 15.0. The van der Waals surface area contributed by atoms with Crippen LogP contribution < -0.4 is 14.9 Å². The lowest BCUT2D eigenvalue weighted by Gasteiger charge is -2.12. The number of benzene rings is 3. The quantitative estimate of drug-likeness (QED) is 0.302. The Kier molecular flexibility index (Phi) is 8.18. The number of hydrogen-bond acceptors (Lipinski definition) is 4. The second kappa shape index (κ2) is 11.0. The van der Waals surface area contributed by atoms with Crippen molar-refractivity contribution in [3.05, 3.63) is 92.4 Å². The van der Waals surface area contributed by atoms with E-state index in [0.717, 1.165) is 11.1 Å². The Morgan fingerprint density at radius 2 is 1.68 bits per heavy atom. The first kappa shape index (κ1) is 22.9. The summed E-state index contributed by atoms with van der Waals surface area (Å²) in [4.78, 5) is 12.2. The first-order valence-corrected chi connectivity index (χ1v) is 10.5. The Bertz CT molecular complexity index is 1090. The predicted octanol–water partition coefficient (Wildman–Crippen LogP) is 6.39. The maximum Gasteiger partial charge on any atom is 0.272 e. The highest BCUT2D eigenvalue weighted by molar-refractivity contribution is 6.36. The number of amides is 1. The van der Waals surface area contributed by atoms with Crippen LogP contribution in [0.3, 0.4) is 0 Å². The molecule has 160 valence electrons. The monoisotopic (exact) mass is 476 g/mol. The number of halogens is 3. The van der Waals surface area contributed by atoms with E-state index in [1.165, 1.54) is 18.3 Å². The van der Waals surface area contributed by atoms with Gasteiger partial charge in [0.25, 0.3) is 5.91 Å². The van der Waals surface area contributed by atoms with Gasteiger partial charge in [-0.1, -0.05) is 46.9 Å². The zero-order valence-corrected chi connectivity index (χ0v) is 18.8. The third-order valence-corrected chi connectivity index (χ3v) is 4.93. The highest BCUT2D eigenvalue weighted by atomic mass is 35.5. The van der Waals surface area contributed by atoms with Gasteiger partial charge in [-0.05, 0) is 66.6 Å². The normalized spacial score (nSPS) is 10.8. The Labute approximate surface area is 195 Å². The molecule has 0 heterocycles. The maximum atomic E-state index is 12.2. The summed E-state index contributed by atoms with van der Waals surface area (Å²) in [5.74, 6) is 0.740. The molecule has 3 aromatic rings. The summed E-state index contributed by atoms with van der Waals surface area (Å²) >= 11 is 17.8. The lowest BCUT2D eigenvalue weighted by atomic mass is 10.2. The van der Waals surface area contributed by atoms with Gasteiger partial charge in [-0.2, -0.15) is 5.10 Å². The van der Waals surface area contributed by atoms with Crippen LogP contribution in [-0.4, -0.2) is 18.7 Å². The summed E-state index contributed by atoms with van der Waals surface area (Å²) in [6.07, 6.45) is 1.51. The van der Waals surface area contributed by atoms with Crippen molar-refractivity contribution in [1.29, 1.82) is 0 Å². The van der Waals surface area contributed by atoms with E-state index in [1.54, 1.807) is 18.2 Å². The molecule has 0 saturated heterocycles. The van der Waals surface area contributed by atoms with Crippen LogP contribution in [0.15, 0.2) is 65.8 Å². The second-order valence-corrected chi connectivity index (χ2v) is 7.66. The summed E-state index contributed by atoms with van der Waals surface area (Å²) in [6.45, 7) is 2.74. The molecule has 3 aromatic carbocycles. The van der Waals surface area contributed by atoms with Gasteiger partial charge >= 0.3 is 0 Å². The van der Waals surface area contributed by atoms with Crippen molar-refractivity contribution in [2.24, 2.45) is 5.10 Å². The van der Waals surface area contributed by atoms with Gasteiger partial charge in [0.1, 0.15) is 6.61 Å². The van der Waals surface area contributed by atoms with Gasteiger partial charge in [0, 0.05) is 10.0 Å². The summed E-state index contributed by atoms with van der Waals surface area (Å²) in [5.41, 5.74) is 4.44. The minimum absolute atomic E-state index is 0.251. The third kappa shape index (κ3) is 6.62. The molecule has 5 nitrogen and oxygen atoms in total. The van der Waals surface area contributed by atoms with Gasteiger partial charge in [0.2, 0.25) is 0 Å². The molecule has 0 spiro atoms. The van der Waals surface area contributed by atoms with Crippen molar-refractivity contribution in [3.63, 3.8) is 0 Å². The smallest absolute Gasteiger partial charge is 0.272 e. The molecule has 0 aliphatic rings. The van der Waals surface area contributed by atoms with Crippen LogP contribution in [0.1, 0.15) is 28.4 Å². The lowest BCUT2D eigenvalue weighted by molar-refractivity contribution is 0.0955. The zero-order valence-electron chi connectivity index (χ0n) is 16.6. The molecule has 1 amide bonds. The predicted molar refractivity (Wildman–Crippen MR) is 125 cm³/mol. The van der Waals surface area contributed by atoms with Crippen molar-refractivity contribution < 1.29 is 14.3 Å². The highest BCUT2D eigenvalue weighted by Gasteiger charge is 2.10. The average molecular weight is 478 g/mol. The minimum atomic E-state index is -0.439. The average Bonchev–Trinajstić information content (AvgIpc) is 2.74. The standard InChI is InChI=1S/C23H19Cl3N2O3/c1-2-30-22-11-16(5-10-21(22)31-14-15-3-6-17(24)7-4-15)13-27-28-23(29)19-9-8-18(25)12-20(19)26/h3-13H,2,14H2,1H3,(H,28,29). The molecule has 0 unspecified atom stereocenters. The molecule has 31 heavy (non-hydrogen) atoms. The number of hydrogen-bond donors (Lipinski definition) is 1. The Morgan fingerprint density at radius 1 is 0.935 bits per heavy atom. The molecular formula is C23H19Cl3N2O3. The molecule has 0 radical (unpaired) electrons. The molecule has 0 fully saturated rings. The van der Waals surface area contributed by atoms with Gasteiger partial charge in [-0.3, -0.25) is 4.79 Å². The van der Waals surface area contributed by atoms with E-state index in [0.29, 0.717) is 34.8 Å². The number of rotatable bonds is 8. The number of ether oxygens (including phenoxy) is 2. The van der Waals surface area contributed by atoms with E-state index in [2.05, 4.69) is 10.5 Å². The van der Waals surface area contributed by atoms with Crippen LogP contribution in [0.2, 0.25) is 15.1 Å². The molecule has 0 bridgehead atoms. The van der Waals surface area contributed by atoms with Crippen molar-refractivity contribution in [1.82, 2.24) is 5.43 Å². The fraction of sp³-hybridized carbons (Fsp3) is 0.130. The number of carbonyl (C=O) groups is 1. The molecular weight excluding hydrogens is 459 g/mol. The molecule has 0 aliphatic carbocycles. The molecule has 1 N–H and O–H groups in total. The van der Waals surface area contributed by atoms with Gasteiger partial charge < -0.3 is 9.47 Å². The molecule has 0 atom stereocenters. The molecule has 8 heteroatoms. The zero-order chi connectivity index (χ0) is 22.2. The van der Waals surface area contributed by atoms with Crippen molar-refractivity contribution in [2.45, 2.75) is 13.5 Å². The van der Waals surface area contributed by atoms with Crippen molar-refractivity contribution in [3.8, 4) is 11.5 Å². The number of hydrazone groups is 1. The van der Waals surface area contributed by atoms with Gasteiger partial charge in [-0.15, -0.1) is 0 Å². The van der Waals surface area contributed by atoms with E-state index in [-0.39, 0.29) is 10.6 Å². The molecule has 0 aromatic heterocycles. The van der Waals surface area contributed by atoms with Crippen LogP contribution in [0.25, 0.3) is 0 Å². The van der Waals surface area contributed by atoms with E-state index in [4.69, 9.17) is 44.3 Å². The largest absolute Gasteiger partial charge is 0.490 e. The first-order valence-electron chi connectivity index (χ1n) is 9.39. The third-order valence-electron chi connectivity index (χ3n) is 4.13. The van der Waals surface area contributed by atoms with Gasteiger partial charge in [0.15, 0.2) is 11.5 Å². The SMILES string of the molecule is CCOc1cc(C=NNC(=O)c2ccc(Cl)cc2Cl)ccc1OCc1ccc(Cl)cc1. The van der Waals surface area contributed by atoms with Gasteiger partial charge in [0.05, 0.1) is 23.4 Å². The van der Waals surface area contributed by atoms with E-state index in [9.17, 15) is 4.79 Å². The van der Waals surface area contributed by atoms with Gasteiger partial charge in [-0.25, -0.2) is 5.43 Å². The van der Waals surface area contributed by atoms with E-state index in [1.807, 2.05) is 37.3 Å². The van der Waals surface area contributed by atoms with E-state index < -0.39 is 5.91 Å². The second-order valence-electron chi connectivity index (χ2n) is 6.38. The Balaban J connectivity index is 1.66. The summed E-state index contributed by atoms with van der Waals surface area (Å²) < 4.78 is 11.6. The number of carbonyl (C=O) groups excluding carboxylic acids is 1. The minimum Gasteiger partial charge on any atom is -0.490 e. The lowest BCUT2D eigenvalue weighted by Crippen LogP contribution is -2.18. The fourth-order valence-electron chi connectivity index (χ4n) is 2.63. The van der Waals surface area contributed by atoms with Crippen molar-refractivity contribution in [2.75, 3.05) is 6.61 Å². The molecule has 0 saturated carbocycles. The number of nitrogens with one attached hydrogen (secondary N) is 1. The molecule has 3 rings (SSSR count). The van der Waals surface area contributed by atoms with Crippen LogP contribution in [0.4, 0.5) is 0 Å². The highest BCUT2D eigenvalue weighted by Crippen LogP contribution is 2.29. The Morgan fingerprint density at radius 3 is 2.39 bits per heavy atom. The van der Waals surface area contributed by atoms with E-state index >= 15 is 0 Å². The summed E-state index contributed by atoms with van der Waals surface area (Å²) in [7, 11) is 0. The van der Waals surface area contributed by atoms with Crippen LogP contribution in [-0.2, 0) is 6.61 Å². The van der Waals surface area contributed by atoms with Crippen molar-refractivity contribution >= 4 is 46.9 Å². The van der Waals surface area contributed by atoms with Crippen LogP contribution in [0, 0.1) is 0 Å². The molecule has 0 aliphatic heterocycles. The van der Waals surface area contributed by atoms with Crippen LogP contribution >= 0.6 is 34.8 Å². The number of nitrogens with zero attached hydrogens (tertiary/aromatic N) is 1. The maximum absolute atomic E-state index is 12.2. The van der Waals surface area contributed by atoms with Crippen LogP contribution in [0.5, 0.6) is 11.5 Å². The summed E-state index contributed by atoms with van der Waals surface area (Å²) in [6, 6.07) is 17.4. The Hall–Kier alpha value is -2.73.